The standard InChI is InChI=1S/C11H14F3NO2.ClH/c1-5-3-7(16)4-6(2)8(5)9(15)10(17)11(12,13)14;/h3-4,9-10,16-17H,15H2,1-2H3;1H/t9-,10-;/m1./s1. The molecular weight excluding hydrogens is 271 g/mol. The minimum absolute atomic E-state index is 0. The summed E-state index contributed by atoms with van der Waals surface area (Å²) in [5, 5.41) is 18.4. The Morgan fingerprint density at radius 3 is 1.89 bits per heavy atom. The first kappa shape index (κ1) is 17.0. The second kappa shape index (κ2) is 5.77. The van der Waals surface area contributed by atoms with Crippen molar-refractivity contribution in [3.63, 3.8) is 0 Å². The molecule has 104 valence electrons. The Labute approximate surface area is 109 Å². The van der Waals surface area contributed by atoms with E-state index in [4.69, 9.17) is 10.8 Å². The average Bonchev–Trinajstić information content (AvgIpc) is 2.13. The molecule has 0 aliphatic heterocycles. The van der Waals surface area contributed by atoms with Crippen molar-refractivity contribution in [2.45, 2.75) is 32.2 Å². The highest BCUT2D eigenvalue weighted by molar-refractivity contribution is 5.85. The predicted octanol–water partition coefficient (Wildman–Crippen LogP) is 2.35. The van der Waals surface area contributed by atoms with Crippen LogP contribution in [0.2, 0.25) is 0 Å². The Bertz CT molecular complexity index is 400. The minimum Gasteiger partial charge on any atom is -0.508 e. The average molecular weight is 286 g/mol. The third-order valence-corrected chi connectivity index (χ3v) is 2.59. The van der Waals surface area contributed by atoms with Crippen LogP contribution in [0.25, 0.3) is 0 Å². The number of nitrogens with two attached hydrogens (primary N) is 1. The minimum atomic E-state index is -4.77. The van der Waals surface area contributed by atoms with Gasteiger partial charge in [-0.15, -0.1) is 12.4 Å². The van der Waals surface area contributed by atoms with Crippen LogP contribution in [0.15, 0.2) is 12.1 Å². The van der Waals surface area contributed by atoms with Crippen molar-refractivity contribution in [1.82, 2.24) is 0 Å². The third kappa shape index (κ3) is 3.51. The molecule has 0 unspecified atom stereocenters. The Morgan fingerprint density at radius 2 is 1.56 bits per heavy atom. The van der Waals surface area contributed by atoms with Gasteiger partial charge in [0, 0.05) is 0 Å². The number of phenols is 1. The molecule has 2 atom stereocenters. The van der Waals surface area contributed by atoms with Gasteiger partial charge in [0.1, 0.15) is 5.75 Å². The molecule has 7 heteroatoms. The third-order valence-electron chi connectivity index (χ3n) is 2.59. The van der Waals surface area contributed by atoms with Crippen molar-refractivity contribution in [2.24, 2.45) is 5.73 Å². The number of rotatable bonds is 2. The van der Waals surface area contributed by atoms with Crippen LogP contribution in [-0.2, 0) is 0 Å². The van der Waals surface area contributed by atoms with Gasteiger partial charge in [0.2, 0.25) is 0 Å². The van der Waals surface area contributed by atoms with Crippen molar-refractivity contribution in [2.75, 3.05) is 0 Å². The van der Waals surface area contributed by atoms with Crippen LogP contribution in [0.5, 0.6) is 5.75 Å². The summed E-state index contributed by atoms with van der Waals surface area (Å²) in [6.45, 7) is 3.07. The zero-order chi connectivity index (χ0) is 13.4. The van der Waals surface area contributed by atoms with Gasteiger partial charge in [-0.1, -0.05) is 0 Å². The van der Waals surface area contributed by atoms with E-state index in [1.54, 1.807) is 0 Å². The van der Waals surface area contributed by atoms with E-state index in [-0.39, 0.29) is 23.7 Å². The van der Waals surface area contributed by atoms with Gasteiger partial charge in [-0.2, -0.15) is 13.2 Å². The van der Waals surface area contributed by atoms with Gasteiger partial charge in [0.15, 0.2) is 6.10 Å². The number of aryl methyl sites for hydroxylation is 2. The SMILES string of the molecule is Cc1cc(O)cc(C)c1[C@@H](N)[C@@H](O)C(F)(F)F.Cl. The van der Waals surface area contributed by atoms with Gasteiger partial charge in [0.25, 0.3) is 0 Å². The zero-order valence-corrected chi connectivity index (χ0v) is 10.6. The van der Waals surface area contributed by atoms with E-state index >= 15 is 0 Å². The van der Waals surface area contributed by atoms with Crippen LogP contribution < -0.4 is 5.73 Å². The second-order valence-corrected chi connectivity index (χ2v) is 4.01. The van der Waals surface area contributed by atoms with Crippen LogP contribution >= 0.6 is 12.4 Å². The van der Waals surface area contributed by atoms with Gasteiger partial charge < -0.3 is 15.9 Å². The molecule has 0 radical (unpaired) electrons. The highest BCUT2D eigenvalue weighted by atomic mass is 35.5. The van der Waals surface area contributed by atoms with Gasteiger partial charge in [-0.05, 0) is 42.7 Å². The Balaban J connectivity index is 0.00000289. The molecule has 4 N–H and O–H groups in total. The van der Waals surface area contributed by atoms with Gasteiger partial charge in [-0.25, -0.2) is 0 Å². The molecule has 0 aromatic heterocycles. The van der Waals surface area contributed by atoms with Crippen LogP contribution in [-0.4, -0.2) is 22.5 Å². The largest absolute Gasteiger partial charge is 0.508 e. The van der Waals surface area contributed by atoms with Crippen molar-refractivity contribution < 1.29 is 23.4 Å². The zero-order valence-electron chi connectivity index (χ0n) is 9.82. The maximum absolute atomic E-state index is 12.3. The molecule has 3 nitrogen and oxygen atoms in total. The van der Waals surface area contributed by atoms with E-state index in [0.29, 0.717) is 11.1 Å². The van der Waals surface area contributed by atoms with Crippen LogP contribution in [0.3, 0.4) is 0 Å². The molecule has 0 saturated heterocycles. The Hall–Kier alpha value is -0.980. The van der Waals surface area contributed by atoms with Crippen LogP contribution in [0.4, 0.5) is 13.2 Å². The highest BCUT2D eigenvalue weighted by Gasteiger charge is 2.43. The first-order valence-electron chi connectivity index (χ1n) is 4.95. The second-order valence-electron chi connectivity index (χ2n) is 4.01. The fourth-order valence-corrected chi connectivity index (χ4v) is 1.84. The first-order chi connectivity index (χ1) is 7.64. The van der Waals surface area contributed by atoms with Crippen molar-refractivity contribution in [1.29, 1.82) is 0 Å². The Morgan fingerprint density at radius 1 is 1.17 bits per heavy atom. The number of aromatic hydroxyl groups is 1. The number of phenolic OH excluding ortho intramolecular Hbond substituents is 1. The summed E-state index contributed by atoms with van der Waals surface area (Å²) in [5.74, 6) is -0.0440. The summed E-state index contributed by atoms with van der Waals surface area (Å²) >= 11 is 0. The molecule has 0 saturated carbocycles. The van der Waals surface area contributed by atoms with E-state index in [1.807, 2.05) is 0 Å². The molecule has 0 amide bonds. The van der Waals surface area contributed by atoms with Gasteiger partial charge in [-0.3, -0.25) is 0 Å². The summed E-state index contributed by atoms with van der Waals surface area (Å²) in [5.41, 5.74) is 6.46. The molecule has 0 spiro atoms. The molecule has 0 aliphatic rings. The predicted molar refractivity (Wildman–Crippen MR) is 63.8 cm³/mol. The topological polar surface area (TPSA) is 66.5 Å². The smallest absolute Gasteiger partial charge is 0.416 e. The highest BCUT2D eigenvalue weighted by Crippen LogP contribution is 2.33. The Kier molecular flexibility index (Phi) is 5.46. The lowest BCUT2D eigenvalue weighted by molar-refractivity contribution is -0.210. The number of benzene rings is 1. The molecular formula is C11H15ClF3NO2. The number of halogens is 4. The molecule has 0 fully saturated rings. The summed E-state index contributed by atoms with van der Waals surface area (Å²) in [6.07, 6.45) is -7.39. The van der Waals surface area contributed by atoms with Gasteiger partial charge in [0.05, 0.1) is 6.04 Å². The van der Waals surface area contributed by atoms with E-state index in [9.17, 15) is 18.3 Å². The van der Waals surface area contributed by atoms with E-state index in [0.717, 1.165) is 0 Å². The monoisotopic (exact) mass is 285 g/mol. The molecule has 1 rings (SSSR count). The molecule has 1 aromatic carbocycles. The van der Waals surface area contributed by atoms with E-state index in [1.165, 1.54) is 26.0 Å². The lowest BCUT2D eigenvalue weighted by atomic mass is 9.93. The quantitative estimate of drug-likeness (QED) is 0.781. The summed E-state index contributed by atoms with van der Waals surface area (Å²) in [6, 6.07) is 1.06. The molecule has 18 heavy (non-hydrogen) atoms. The molecule has 0 aliphatic carbocycles. The van der Waals surface area contributed by atoms with E-state index in [2.05, 4.69) is 0 Å². The number of hydrogen-bond acceptors (Lipinski definition) is 3. The summed E-state index contributed by atoms with van der Waals surface area (Å²) in [7, 11) is 0. The summed E-state index contributed by atoms with van der Waals surface area (Å²) in [4.78, 5) is 0. The van der Waals surface area contributed by atoms with Crippen LogP contribution in [0.1, 0.15) is 22.7 Å². The summed E-state index contributed by atoms with van der Waals surface area (Å²) < 4.78 is 37.0. The normalized spacial score (nSPS) is 14.8. The number of alkyl halides is 3. The van der Waals surface area contributed by atoms with Crippen molar-refractivity contribution in [3.05, 3.63) is 28.8 Å². The molecule has 0 heterocycles. The number of aliphatic hydroxyl groups is 1. The lowest BCUT2D eigenvalue weighted by Gasteiger charge is -2.24. The van der Waals surface area contributed by atoms with E-state index < -0.39 is 18.3 Å². The maximum Gasteiger partial charge on any atom is 0.416 e. The molecule has 0 bridgehead atoms. The number of hydrogen-bond donors (Lipinski definition) is 3. The fourth-order valence-electron chi connectivity index (χ4n) is 1.84. The van der Waals surface area contributed by atoms with Gasteiger partial charge >= 0.3 is 6.18 Å². The van der Waals surface area contributed by atoms with Crippen LogP contribution in [0, 0.1) is 13.8 Å². The maximum atomic E-state index is 12.3. The van der Waals surface area contributed by atoms with Crippen molar-refractivity contribution in [3.8, 4) is 5.75 Å². The van der Waals surface area contributed by atoms with Crippen molar-refractivity contribution >= 4 is 12.4 Å². The number of aliphatic hydroxyl groups excluding tert-OH is 1. The first-order valence-corrected chi connectivity index (χ1v) is 4.95. The molecule has 1 aromatic rings. The lowest BCUT2D eigenvalue weighted by Crippen LogP contribution is -2.39. The fraction of sp³-hybridized carbons (Fsp3) is 0.455.